The molecule has 0 fully saturated rings. The lowest BCUT2D eigenvalue weighted by Crippen LogP contribution is -2.04. The number of hydrogen-bond acceptors (Lipinski definition) is 4. The fraction of sp³-hybridized carbons (Fsp3) is 0.211. The molecule has 4 heteroatoms. The zero-order valence-electron chi connectivity index (χ0n) is 13.6. The van der Waals surface area contributed by atoms with Gasteiger partial charge in [-0.15, -0.1) is 0 Å². The number of ether oxygens (including phenoxy) is 2. The minimum Gasteiger partial charge on any atom is -0.497 e. The number of rotatable bonds is 7. The average molecular weight is 311 g/mol. The van der Waals surface area contributed by atoms with Crippen molar-refractivity contribution in [2.45, 2.75) is 13.3 Å². The third kappa shape index (κ3) is 4.36. The summed E-state index contributed by atoms with van der Waals surface area (Å²) in [6.07, 6.45) is 2.33. The molecule has 2 aromatic rings. The van der Waals surface area contributed by atoms with Crippen LogP contribution in [0.15, 0.2) is 60.3 Å². The van der Waals surface area contributed by atoms with Crippen molar-refractivity contribution in [1.82, 2.24) is 0 Å². The number of carbonyl (C=O) groups is 1. The highest BCUT2D eigenvalue weighted by atomic mass is 16.5. The molecule has 120 valence electrons. The van der Waals surface area contributed by atoms with Crippen LogP contribution in [0, 0.1) is 0 Å². The van der Waals surface area contributed by atoms with E-state index in [-0.39, 0.29) is 5.78 Å². The predicted octanol–water partition coefficient (Wildman–Crippen LogP) is 4.29. The molecule has 0 aliphatic rings. The number of methoxy groups -OCH3 is 2. The van der Waals surface area contributed by atoms with Gasteiger partial charge in [-0.25, -0.2) is 0 Å². The normalized spacial score (nSPS) is 11.0. The highest BCUT2D eigenvalue weighted by Gasteiger charge is 2.08. The molecule has 23 heavy (non-hydrogen) atoms. The average Bonchev–Trinajstić information content (AvgIpc) is 2.61. The first-order valence-corrected chi connectivity index (χ1v) is 7.47. The number of anilines is 1. The van der Waals surface area contributed by atoms with Gasteiger partial charge in [-0.3, -0.25) is 4.79 Å². The minimum absolute atomic E-state index is 0.0255. The van der Waals surface area contributed by atoms with Crippen molar-refractivity contribution in [3.63, 3.8) is 0 Å². The molecule has 0 spiro atoms. The van der Waals surface area contributed by atoms with Gasteiger partial charge in [0.15, 0.2) is 5.78 Å². The monoisotopic (exact) mass is 311 g/mol. The Bertz CT molecular complexity index is 693. The van der Waals surface area contributed by atoms with Gasteiger partial charge in [0.05, 0.1) is 19.9 Å². The maximum Gasteiger partial charge on any atom is 0.187 e. The molecule has 0 saturated carbocycles. The molecule has 1 N–H and O–H groups in total. The number of allylic oxidation sites excluding steroid dienone is 2. The van der Waals surface area contributed by atoms with E-state index in [0.29, 0.717) is 17.7 Å². The van der Waals surface area contributed by atoms with Gasteiger partial charge in [0.1, 0.15) is 11.5 Å². The first kappa shape index (κ1) is 16.6. The Morgan fingerprint density at radius 1 is 1.09 bits per heavy atom. The van der Waals surface area contributed by atoms with Gasteiger partial charge < -0.3 is 14.8 Å². The molecule has 4 nitrogen and oxygen atoms in total. The second-order valence-corrected chi connectivity index (χ2v) is 4.94. The van der Waals surface area contributed by atoms with Gasteiger partial charge in [-0.1, -0.05) is 37.3 Å². The van der Waals surface area contributed by atoms with Gasteiger partial charge in [0.2, 0.25) is 0 Å². The van der Waals surface area contributed by atoms with Crippen molar-refractivity contribution in [3.05, 3.63) is 65.9 Å². The van der Waals surface area contributed by atoms with Crippen LogP contribution in [0.5, 0.6) is 11.5 Å². The summed E-state index contributed by atoms with van der Waals surface area (Å²) in [4.78, 5) is 12.3. The highest BCUT2D eigenvalue weighted by molar-refractivity contribution is 6.05. The molecule has 0 aliphatic carbocycles. The molecule has 0 saturated heterocycles. The SMILES string of the molecule is CCC(=CC(=O)c1ccccc1)Nc1ccc(OC)cc1OC. The van der Waals surface area contributed by atoms with Gasteiger partial charge in [0.25, 0.3) is 0 Å². The Balaban J connectivity index is 2.22. The van der Waals surface area contributed by atoms with E-state index >= 15 is 0 Å². The summed E-state index contributed by atoms with van der Waals surface area (Å²) in [5.41, 5.74) is 2.28. The molecule has 0 radical (unpaired) electrons. The zero-order valence-corrected chi connectivity index (χ0v) is 13.6. The molecule has 2 aromatic carbocycles. The van der Waals surface area contributed by atoms with E-state index in [1.165, 1.54) is 0 Å². The van der Waals surface area contributed by atoms with Crippen molar-refractivity contribution in [2.75, 3.05) is 19.5 Å². The van der Waals surface area contributed by atoms with Crippen molar-refractivity contribution < 1.29 is 14.3 Å². The van der Waals surface area contributed by atoms with Crippen LogP contribution in [0.1, 0.15) is 23.7 Å². The van der Waals surface area contributed by atoms with Crippen LogP contribution in [0.4, 0.5) is 5.69 Å². The van der Waals surface area contributed by atoms with E-state index in [9.17, 15) is 4.79 Å². The molecule has 0 atom stereocenters. The Labute approximate surface area is 136 Å². The summed E-state index contributed by atoms with van der Waals surface area (Å²) >= 11 is 0. The lowest BCUT2D eigenvalue weighted by Gasteiger charge is -2.14. The minimum atomic E-state index is -0.0255. The zero-order chi connectivity index (χ0) is 16.7. The van der Waals surface area contributed by atoms with Gasteiger partial charge in [-0.2, -0.15) is 0 Å². The van der Waals surface area contributed by atoms with Crippen molar-refractivity contribution >= 4 is 11.5 Å². The van der Waals surface area contributed by atoms with Crippen molar-refractivity contribution in [2.24, 2.45) is 0 Å². The molecular formula is C19H21NO3. The first-order chi connectivity index (χ1) is 11.2. The summed E-state index contributed by atoms with van der Waals surface area (Å²) in [7, 11) is 3.21. The van der Waals surface area contributed by atoms with Crippen LogP contribution in [0.25, 0.3) is 0 Å². The van der Waals surface area contributed by atoms with Crippen LogP contribution in [0.3, 0.4) is 0 Å². The summed E-state index contributed by atoms with van der Waals surface area (Å²) in [5, 5.41) is 3.26. The van der Waals surface area contributed by atoms with Crippen molar-refractivity contribution in [3.8, 4) is 11.5 Å². The summed E-state index contributed by atoms with van der Waals surface area (Å²) in [6, 6.07) is 14.7. The Kier molecular flexibility index (Phi) is 5.80. The van der Waals surface area contributed by atoms with Crippen LogP contribution >= 0.6 is 0 Å². The second kappa shape index (κ2) is 8.03. The number of hydrogen-bond donors (Lipinski definition) is 1. The molecule has 0 bridgehead atoms. The predicted molar refractivity (Wildman–Crippen MR) is 92.3 cm³/mol. The maximum atomic E-state index is 12.3. The maximum absolute atomic E-state index is 12.3. The molecule has 0 aliphatic heterocycles. The smallest absolute Gasteiger partial charge is 0.187 e. The molecule has 2 rings (SSSR count). The number of benzene rings is 2. The Hall–Kier alpha value is -2.75. The van der Waals surface area contributed by atoms with E-state index < -0.39 is 0 Å². The van der Waals surface area contributed by atoms with Crippen LogP contribution < -0.4 is 14.8 Å². The quantitative estimate of drug-likeness (QED) is 0.612. The van der Waals surface area contributed by atoms with Gasteiger partial charge in [0, 0.05) is 23.4 Å². The molecular weight excluding hydrogens is 290 g/mol. The third-order valence-corrected chi connectivity index (χ3v) is 3.45. The first-order valence-electron chi connectivity index (χ1n) is 7.47. The van der Waals surface area contributed by atoms with Gasteiger partial charge in [-0.05, 0) is 18.6 Å². The lowest BCUT2D eigenvalue weighted by atomic mass is 10.1. The van der Waals surface area contributed by atoms with Crippen LogP contribution in [-0.4, -0.2) is 20.0 Å². The highest BCUT2D eigenvalue weighted by Crippen LogP contribution is 2.30. The summed E-state index contributed by atoms with van der Waals surface area (Å²) in [5.74, 6) is 1.35. The Morgan fingerprint density at radius 2 is 1.83 bits per heavy atom. The fourth-order valence-electron chi connectivity index (χ4n) is 2.15. The topological polar surface area (TPSA) is 47.6 Å². The second-order valence-electron chi connectivity index (χ2n) is 4.94. The fourth-order valence-corrected chi connectivity index (χ4v) is 2.15. The third-order valence-electron chi connectivity index (χ3n) is 3.45. The van der Waals surface area contributed by atoms with Crippen LogP contribution in [-0.2, 0) is 0 Å². The van der Waals surface area contributed by atoms with E-state index in [4.69, 9.17) is 9.47 Å². The number of carbonyl (C=O) groups excluding carboxylic acids is 1. The molecule has 0 amide bonds. The Morgan fingerprint density at radius 3 is 2.43 bits per heavy atom. The van der Waals surface area contributed by atoms with E-state index in [1.54, 1.807) is 38.5 Å². The van der Waals surface area contributed by atoms with E-state index in [2.05, 4.69) is 5.32 Å². The largest absolute Gasteiger partial charge is 0.497 e. The number of ketones is 1. The van der Waals surface area contributed by atoms with Crippen molar-refractivity contribution in [1.29, 1.82) is 0 Å². The van der Waals surface area contributed by atoms with E-state index in [1.807, 2.05) is 37.3 Å². The van der Waals surface area contributed by atoms with E-state index in [0.717, 1.165) is 17.1 Å². The summed E-state index contributed by atoms with van der Waals surface area (Å²) in [6.45, 7) is 1.99. The summed E-state index contributed by atoms with van der Waals surface area (Å²) < 4.78 is 10.6. The van der Waals surface area contributed by atoms with Gasteiger partial charge >= 0.3 is 0 Å². The number of nitrogens with one attached hydrogen (secondary N) is 1. The molecule has 0 heterocycles. The molecule has 0 aromatic heterocycles. The van der Waals surface area contributed by atoms with Crippen LogP contribution in [0.2, 0.25) is 0 Å². The standard InChI is InChI=1S/C19H21NO3/c1-4-15(12-18(21)14-8-6-5-7-9-14)20-17-11-10-16(22-2)13-19(17)23-3/h5-13,20H,4H2,1-3H3. The lowest BCUT2D eigenvalue weighted by molar-refractivity contribution is 0.104. The molecule has 0 unspecified atom stereocenters.